The van der Waals surface area contributed by atoms with Gasteiger partial charge in [-0.2, -0.15) is 12.8 Å². The third-order valence-corrected chi connectivity index (χ3v) is 4.69. The molecule has 1 saturated heterocycles. The number of nitrogens with zero attached hydrogens (tertiary/aromatic N) is 3. The van der Waals surface area contributed by atoms with Crippen LogP contribution in [0.2, 0.25) is 0 Å². The first-order chi connectivity index (χ1) is 8.03. The van der Waals surface area contributed by atoms with Crippen LogP contribution in [-0.2, 0) is 10.0 Å². The molecule has 0 amide bonds. The molecule has 0 aromatic carbocycles. The first-order valence-electron chi connectivity index (χ1n) is 5.57. The van der Waals surface area contributed by atoms with Gasteiger partial charge >= 0.3 is 0 Å². The number of aromatic nitrogens is 1. The van der Waals surface area contributed by atoms with E-state index in [1.54, 1.807) is 24.5 Å². The molecule has 0 radical (unpaired) electrons. The van der Waals surface area contributed by atoms with Gasteiger partial charge in [0.05, 0.1) is 5.54 Å². The van der Waals surface area contributed by atoms with Crippen molar-refractivity contribution in [2.24, 2.45) is 4.40 Å². The zero-order valence-corrected chi connectivity index (χ0v) is 10.3. The second-order valence-corrected chi connectivity index (χ2v) is 6.25. The summed E-state index contributed by atoms with van der Waals surface area (Å²) in [5.41, 5.74) is -0.327. The summed E-state index contributed by atoms with van der Waals surface area (Å²) in [4.78, 5) is 6.48. The van der Waals surface area contributed by atoms with Crippen molar-refractivity contribution in [2.45, 2.75) is 30.2 Å². The van der Waals surface area contributed by atoms with Crippen molar-refractivity contribution in [3.8, 4) is 0 Å². The first-order valence-corrected chi connectivity index (χ1v) is 7.01. The van der Waals surface area contributed by atoms with Gasteiger partial charge in [-0.15, -0.1) is 0 Å². The molecule has 0 saturated carbocycles. The average molecular weight is 251 g/mol. The molecule has 17 heavy (non-hydrogen) atoms. The van der Waals surface area contributed by atoms with E-state index in [-0.39, 0.29) is 10.4 Å². The Bertz CT molecular complexity index is 596. The molecule has 5 nitrogen and oxygen atoms in total. The molecule has 1 aromatic heterocycles. The van der Waals surface area contributed by atoms with Crippen LogP contribution in [0.5, 0.6) is 0 Å². The fraction of sp³-hybridized carbons (Fsp3) is 0.455. The van der Waals surface area contributed by atoms with E-state index in [1.165, 1.54) is 0 Å². The Kier molecular flexibility index (Phi) is 2.07. The lowest BCUT2D eigenvalue weighted by atomic mass is 10.0. The van der Waals surface area contributed by atoms with Crippen molar-refractivity contribution in [2.75, 3.05) is 11.4 Å². The lowest BCUT2D eigenvalue weighted by Crippen LogP contribution is -2.42. The minimum atomic E-state index is -3.59. The quantitative estimate of drug-likeness (QED) is 0.695. The highest BCUT2D eigenvalue weighted by atomic mass is 32.2. The Hall–Kier alpha value is -1.43. The molecule has 0 aliphatic carbocycles. The van der Waals surface area contributed by atoms with Gasteiger partial charge < -0.3 is 4.90 Å². The molecule has 1 fully saturated rings. The van der Waals surface area contributed by atoms with Crippen LogP contribution < -0.4 is 4.90 Å². The Morgan fingerprint density at radius 1 is 1.47 bits per heavy atom. The summed E-state index contributed by atoms with van der Waals surface area (Å²) in [6.07, 6.45) is 5.11. The van der Waals surface area contributed by atoms with Crippen molar-refractivity contribution in [3.63, 3.8) is 0 Å². The van der Waals surface area contributed by atoms with Gasteiger partial charge in [-0.3, -0.25) is 0 Å². The van der Waals surface area contributed by atoms with E-state index in [1.807, 2.05) is 11.8 Å². The molecule has 1 atom stereocenters. The Morgan fingerprint density at radius 2 is 2.29 bits per heavy atom. The average Bonchev–Trinajstić information content (AvgIpc) is 2.66. The van der Waals surface area contributed by atoms with Gasteiger partial charge in [0.2, 0.25) is 0 Å². The van der Waals surface area contributed by atoms with Crippen LogP contribution in [0.1, 0.15) is 19.8 Å². The first kappa shape index (κ1) is 10.7. The standard InChI is InChI=1S/C11H13N3O2S/c1-11-5-3-7-14(11)10-9(4-2-6-12-10)17(15,16)13-8-11/h2,4,6,8H,3,5,7H2,1H3/t11-/m0/s1. The summed E-state index contributed by atoms with van der Waals surface area (Å²) in [6, 6.07) is 3.20. The maximum atomic E-state index is 12.0. The van der Waals surface area contributed by atoms with Crippen LogP contribution in [-0.4, -0.2) is 31.7 Å². The summed E-state index contributed by atoms with van der Waals surface area (Å²) in [5, 5.41) is 0. The van der Waals surface area contributed by atoms with E-state index in [0.717, 1.165) is 19.4 Å². The van der Waals surface area contributed by atoms with Gasteiger partial charge in [-0.1, -0.05) is 0 Å². The van der Waals surface area contributed by atoms with Crippen molar-refractivity contribution < 1.29 is 8.42 Å². The monoisotopic (exact) mass is 251 g/mol. The molecule has 2 aliphatic rings. The van der Waals surface area contributed by atoms with Gasteiger partial charge in [0.1, 0.15) is 10.7 Å². The molecule has 2 aliphatic heterocycles. The highest BCUT2D eigenvalue weighted by Gasteiger charge is 2.41. The molecule has 0 unspecified atom stereocenters. The highest BCUT2D eigenvalue weighted by molar-refractivity contribution is 7.90. The van der Waals surface area contributed by atoms with Crippen LogP contribution in [0.15, 0.2) is 27.6 Å². The van der Waals surface area contributed by atoms with E-state index >= 15 is 0 Å². The summed E-state index contributed by atoms with van der Waals surface area (Å²) < 4.78 is 27.8. The minimum Gasteiger partial charge on any atom is -0.345 e. The largest absolute Gasteiger partial charge is 0.345 e. The van der Waals surface area contributed by atoms with Crippen molar-refractivity contribution >= 4 is 22.1 Å². The molecule has 0 spiro atoms. The lowest BCUT2D eigenvalue weighted by Gasteiger charge is -2.31. The Morgan fingerprint density at radius 3 is 3.12 bits per heavy atom. The van der Waals surface area contributed by atoms with Crippen molar-refractivity contribution in [1.82, 2.24) is 4.98 Å². The number of hydrogen-bond donors (Lipinski definition) is 0. The topological polar surface area (TPSA) is 62.6 Å². The minimum absolute atomic E-state index is 0.210. The number of hydrogen-bond acceptors (Lipinski definition) is 4. The van der Waals surface area contributed by atoms with Gasteiger partial charge in [-0.25, -0.2) is 4.98 Å². The van der Waals surface area contributed by atoms with E-state index < -0.39 is 10.0 Å². The summed E-state index contributed by atoms with van der Waals surface area (Å²) in [7, 11) is -3.59. The smallest absolute Gasteiger partial charge is 0.285 e. The second kappa shape index (κ2) is 3.29. The molecular weight excluding hydrogens is 238 g/mol. The zero-order valence-electron chi connectivity index (χ0n) is 9.50. The Balaban J connectivity index is 2.31. The SMILES string of the molecule is C[C@]12C=NS(=O)(=O)c3cccnc3N1CCC2. The maximum absolute atomic E-state index is 12.0. The lowest BCUT2D eigenvalue weighted by molar-refractivity contribution is 0.598. The summed E-state index contributed by atoms with van der Waals surface area (Å²) >= 11 is 0. The molecule has 6 heteroatoms. The van der Waals surface area contributed by atoms with Gasteiger partial charge in [0.15, 0.2) is 0 Å². The number of sulfonamides is 1. The normalized spacial score (nSPS) is 29.6. The molecule has 3 rings (SSSR count). The van der Waals surface area contributed by atoms with E-state index in [9.17, 15) is 8.42 Å². The van der Waals surface area contributed by atoms with E-state index in [2.05, 4.69) is 9.38 Å². The predicted octanol–water partition coefficient (Wildman–Crippen LogP) is 1.21. The molecule has 90 valence electrons. The third kappa shape index (κ3) is 1.47. The second-order valence-electron chi connectivity index (χ2n) is 4.65. The molecule has 0 N–H and O–H groups in total. The molecule has 3 heterocycles. The van der Waals surface area contributed by atoms with Gasteiger partial charge in [-0.05, 0) is 31.9 Å². The number of fused-ring (bicyclic) bond motifs is 3. The van der Waals surface area contributed by atoms with Crippen LogP contribution >= 0.6 is 0 Å². The van der Waals surface area contributed by atoms with Crippen molar-refractivity contribution in [3.05, 3.63) is 18.3 Å². The molecule has 0 bridgehead atoms. The molecule has 1 aromatic rings. The number of anilines is 1. The van der Waals surface area contributed by atoms with Crippen molar-refractivity contribution in [1.29, 1.82) is 0 Å². The fourth-order valence-corrected chi connectivity index (χ4v) is 3.62. The van der Waals surface area contributed by atoms with Crippen LogP contribution in [0, 0.1) is 0 Å². The zero-order chi connectivity index (χ0) is 12.1. The summed E-state index contributed by atoms with van der Waals surface area (Å²) in [6.45, 7) is 2.82. The molecular formula is C11H13N3O2S. The van der Waals surface area contributed by atoms with Gasteiger partial charge in [0.25, 0.3) is 10.0 Å². The van der Waals surface area contributed by atoms with Crippen LogP contribution in [0.25, 0.3) is 0 Å². The summed E-state index contributed by atoms with van der Waals surface area (Å²) in [5.74, 6) is 0.532. The van der Waals surface area contributed by atoms with Gasteiger partial charge in [0, 0.05) is 19.0 Å². The van der Waals surface area contributed by atoms with E-state index in [4.69, 9.17) is 0 Å². The Labute approximate surface area is 100 Å². The predicted molar refractivity (Wildman–Crippen MR) is 64.9 cm³/mol. The van der Waals surface area contributed by atoms with Crippen LogP contribution in [0.3, 0.4) is 0 Å². The van der Waals surface area contributed by atoms with E-state index in [0.29, 0.717) is 5.82 Å². The third-order valence-electron chi connectivity index (χ3n) is 3.44. The van der Waals surface area contributed by atoms with Crippen LogP contribution in [0.4, 0.5) is 5.82 Å². The highest BCUT2D eigenvalue weighted by Crippen LogP contribution is 2.37. The maximum Gasteiger partial charge on any atom is 0.285 e. The fourth-order valence-electron chi connectivity index (χ4n) is 2.49. The number of rotatable bonds is 0. The number of pyridine rings is 1.